The molecule has 0 heterocycles. The summed E-state index contributed by atoms with van der Waals surface area (Å²) in [4.78, 5) is 0. The maximum Gasteiger partial charge on any atom is 0.0502 e. The van der Waals surface area contributed by atoms with Gasteiger partial charge in [-0.1, -0.05) is 0 Å². The van der Waals surface area contributed by atoms with Crippen LogP contribution in [-0.4, -0.2) is 10.8 Å². The standard InChI is InChI=1S/C5H7Cl2/c6-4-2-1-3-5(4)7/h1,4-5H,2-3H2. The van der Waals surface area contributed by atoms with Gasteiger partial charge in [0.15, 0.2) is 0 Å². The lowest BCUT2D eigenvalue weighted by atomic mass is 10.4. The zero-order valence-electron chi connectivity index (χ0n) is 3.90. The number of alkyl halides is 2. The van der Waals surface area contributed by atoms with Crippen molar-refractivity contribution in [1.29, 1.82) is 0 Å². The molecule has 1 rings (SSSR count). The van der Waals surface area contributed by atoms with Crippen molar-refractivity contribution in [2.75, 3.05) is 0 Å². The van der Waals surface area contributed by atoms with Gasteiger partial charge in [0.1, 0.15) is 0 Å². The van der Waals surface area contributed by atoms with Gasteiger partial charge in [0.2, 0.25) is 0 Å². The van der Waals surface area contributed by atoms with E-state index in [0.717, 1.165) is 12.8 Å². The van der Waals surface area contributed by atoms with Crippen LogP contribution in [0.2, 0.25) is 0 Å². The van der Waals surface area contributed by atoms with E-state index in [9.17, 15) is 0 Å². The first-order valence-corrected chi connectivity index (χ1v) is 3.28. The SMILES string of the molecule is ClC1C[CH]CC1Cl. The van der Waals surface area contributed by atoms with Crippen molar-refractivity contribution in [2.24, 2.45) is 0 Å². The molecular formula is C5H7Cl2. The first-order chi connectivity index (χ1) is 3.30. The first kappa shape index (κ1) is 5.71. The molecule has 0 aromatic heterocycles. The van der Waals surface area contributed by atoms with Crippen molar-refractivity contribution in [3.05, 3.63) is 6.42 Å². The molecule has 0 N–H and O–H groups in total. The number of hydrogen-bond donors (Lipinski definition) is 0. The first-order valence-electron chi connectivity index (χ1n) is 2.40. The second-order valence-electron chi connectivity index (χ2n) is 1.79. The Hall–Kier alpha value is 0.580. The largest absolute Gasteiger partial charge is 0.121 e. The summed E-state index contributed by atoms with van der Waals surface area (Å²) in [6, 6.07) is 0. The van der Waals surface area contributed by atoms with Crippen molar-refractivity contribution in [2.45, 2.75) is 23.6 Å². The van der Waals surface area contributed by atoms with Crippen LogP contribution in [0.5, 0.6) is 0 Å². The Morgan fingerprint density at radius 1 is 1.14 bits per heavy atom. The molecule has 41 valence electrons. The van der Waals surface area contributed by atoms with E-state index in [1.54, 1.807) is 0 Å². The van der Waals surface area contributed by atoms with E-state index in [1.807, 2.05) is 0 Å². The molecule has 1 saturated carbocycles. The van der Waals surface area contributed by atoms with Gasteiger partial charge in [-0.3, -0.25) is 0 Å². The summed E-state index contributed by atoms with van der Waals surface area (Å²) >= 11 is 11.4. The van der Waals surface area contributed by atoms with E-state index in [0.29, 0.717) is 0 Å². The molecule has 2 heteroatoms. The summed E-state index contributed by atoms with van der Waals surface area (Å²) in [5.74, 6) is 0. The summed E-state index contributed by atoms with van der Waals surface area (Å²) in [5.41, 5.74) is 0. The molecule has 0 aliphatic heterocycles. The fraction of sp³-hybridized carbons (Fsp3) is 0.800. The Morgan fingerprint density at radius 2 is 1.57 bits per heavy atom. The molecular weight excluding hydrogens is 131 g/mol. The second-order valence-corrected chi connectivity index (χ2v) is 2.91. The lowest BCUT2D eigenvalue weighted by Gasteiger charge is -1.99. The summed E-state index contributed by atoms with van der Waals surface area (Å²) in [6.45, 7) is 0. The van der Waals surface area contributed by atoms with E-state index in [1.165, 1.54) is 0 Å². The van der Waals surface area contributed by atoms with Gasteiger partial charge in [-0.25, -0.2) is 0 Å². The van der Waals surface area contributed by atoms with Crippen LogP contribution in [-0.2, 0) is 0 Å². The molecule has 0 bridgehead atoms. The van der Waals surface area contributed by atoms with Crippen molar-refractivity contribution in [1.82, 2.24) is 0 Å². The van der Waals surface area contributed by atoms with Crippen LogP contribution in [0.4, 0.5) is 0 Å². The molecule has 0 aromatic carbocycles. The van der Waals surface area contributed by atoms with Crippen LogP contribution in [0, 0.1) is 6.42 Å². The van der Waals surface area contributed by atoms with Crippen LogP contribution < -0.4 is 0 Å². The molecule has 0 nitrogen and oxygen atoms in total. The van der Waals surface area contributed by atoms with Gasteiger partial charge in [-0.05, 0) is 19.3 Å². The number of hydrogen-bond acceptors (Lipinski definition) is 0. The van der Waals surface area contributed by atoms with Crippen LogP contribution in [0.15, 0.2) is 0 Å². The zero-order valence-corrected chi connectivity index (χ0v) is 5.41. The predicted octanol–water partition coefficient (Wildman–Crippen LogP) is 2.20. The fourth-order valence-electron chi connectivity index (χ4n) is 0.710. The van der Waals surface area contributed by atoms with Crippen molar-refractivity contribution in [3.63, 3.8) is 0 Å². The molecule has 1 fully saturated rings. The highest BCUT2D eigenvalue weighted by atomic mass is 35.5. The maximum atomic E-state index is 5.70. The molecule has 0 saturated heterocycles. The minimum atomic E-state index is 0.196. The summed E-state index contributed by atoms with van der Waals surface area (Å²) in [7, 11) is 0. The molecule has 1 aliphatic carbocycles. The average Bonchev–Trinajstić information content (AvgIpc) is 1.91. The highest BCUT2D eigenvalue weighted by Crippen LogP contribution is 2.27. The highest BCUT2D eigenvalue weighted by Gasteiger charge is 2.22. The minimum Gasteiger partial charge on any atom is -0.121 e. The van der Waals surface area contributed by atoms with Crippen molar-refractivity contribution >= 4 is 23.2 Å². The molecule has 2 unspecified atom stereocenters. The summed E-state index contributed by atoms with van der Waals surface area (Å²) < 4.78 is 0. The molecule has 0 aromatic rings. The lowest BCUT2D eigenvalue weighted by molar-refractivity contribution is 0.905. The van der Waals surface area contributed by atoms with Crippen LogP contribution in [0.1, 0.15) is 12.8 Å². The van der Waals surface area contributed by atoms with Gasteiger partial charge < -0.3 is 0 Å². The molecule has 1 radical (unpaired) electrons. The van der Waals surface area contributed by atoms with Crippen LogP contribution in [0.3, 0.4) is 0 Å². The zero-order chi connectivity index (χ0) is 5.28. The molecule has 2 atom stereocenters. The molecule has 7 heavy (non-hydrogen) atoms. The van der Waals surface area contributed by atoms with E-state index in [4.69, 9.17) is 23.2 Å². The fourth-order valence-corrected chi connectivity index (χ4v) is 1.17. The topological polar surface area (TPSA) is 0 Å². The van der Waals surface area contributed by atoms with E-state index in [-0.39, 0.29) is 10.8 Å². The van der Waals surface area contributed by atoms with Gasteiger partial charge in [-0.15, -0.1) is 23.2 Å². The minimum absolute atomic E-state index is 0.196. The third-order valence-electron chi connectivity index (χ3n) is 1.18. The Balaban J connectivity index is 2.33. The van der Waals surface area contributed by atoms with E-state index >= 15 is 0 Å². The maximum absolute atomic E-state index is 5.70. The van der Waals surface area contributed by atoms with Crippen LogP contribution in [0.25, 0.3) is 0 Å². The molecule has 1 aliphatic rings. The highest BCUT2D eigenvalue weighted by molar-refractivity contribution is 6.30. The number of halogens is 2. The number of rotatable bonds is 0. The van der Waals surface area contributed by atoms with Crippen LogP contribution >= 0.6 is 23.2 Å². The lowest BCUT2D eigenvalue weighted by Crippen LogP contribution is -2.03. The Labute approximate surface area is 53.8 Å². The van der Waals surface area contributed by atoms with Gasteiger partial charge in [0, 0.05) is 0 Å². The van der Waals surface area contributed by atoms with Gasteiger partial charge >= 0.3 is 0 Å². The van der Waals surface area contributed by atoms with E-state index in [2.05, 4.69) is 6.42 Å². The third-order valence-corrected chi connectivity index (χ3v) is 2.27. The smallest absolute Gasteiger partial charge is 0.0502 e. The summed E-state index contributed by atoms with van der Waals surface area (Å²) in [6.07, 6.45) is 4.10. The monoisotopic (exact) mass is 137 g/mol. The Bertz CT molecular complexity index is 55.1. The third kappa shape index (κ3) is 1.23. The normalized spacial score (nSPS) is 42.0. The Morgan fingerprint density at radius 3 is 1.71 bits per heavy atom. The van der Waals surface area contributed by atoms with Crippen molar-refractivity contribution in [3.8, 4) is 0 Å². The van der Waals surface area contributed by atoms with Gasteiger partial charge in [0.05, 0.1) is 10.8 Å². The van der Waals surface area contributed by atoms with Crippen molar-refractivity contribution < 1.29 is 0 Å². The quantitative estimate of drug-likeness (QED) is 0.450. The average molecular weight is 138 g/mol. The van der Waals surface area contributed by atoms with Gasteiger partial charge in [-0.2, -0.15) is 0 Å². The Kier molecular flexibility index (Phi) is 1.82. The molecule has 0 amide bonds. The molecule has 0 spiro atoms. The second kappa shape index (κ2) is 2.23. The van der Waals surface area contributed by atoms with Gasteiger partial charge in [0.25, 0.3) is 0 Å². The van der Waals surface area contributed by atoms with E-state index < -0.39 is 0 Å². The summed E-state index contributed by atoms with van der Waals surface area (Å²) in [5, 5.41) is 0.392. The predicted molar refractivity (Wildman–Crippen MR) is 32.8 cm³/mol.